The zero-order valence-electron chi connectivity index (χ0n) is 25.2. The fourth-order valence-electron chi connectivity index (χ4n) is 4.39. The van der Waals surface area contributed by atoms with E-state index in [1.165, 1.54) is 0 Å². The van der Waals surface area contributed by atoms with E-state index in [-0.39, 0.29) is 0 Å². The first-order chi connectivity index (χ1) is 20.5. The Kier molecular flexibility index (Phi) is 10.8. The fraction of sp³-hybridized carbons (Fsp3) is 0.364. The first-order valence-corrected chi connectivity index (χ1v) is 14.5. The van der Waals surface area contributed by atoms with Crippen molar-refractivity contribution in [2.45, 2.75) is 41.5 Å². The Morgan fingerprint density at radius 1 is 0.381 bits per heavy atom. The van der Waals surface area contributed by atoms with Gasteiger partial charge in [-0.3, -0.25) is 0 Å². The summed E-state index contributed by atoms with van der Waals surface area (Å²) in [5, 5.41) is 0. The Morgan fingerprint density at radius 3 is 0.881 bits per heavy atom. The molecule has 3 aromatic carbocycles. The standard InChI is InChI=1S/C33H39N3O6/c1-7-37-22-13-16-25(28(19-22)40-10-4)31-34-32(26-17-14-23(38-8-2)20-29(26)41-11-5)36-33(35-31)27-18-15-24(39-9-3)21-30(27)42-12-6/h13-21H,7-12H2,1-6H3. The molecule has 0 amide bonds. The van der Waals surface area contributed by atoms with Gasteiger partial charge in [-0.1, -0.05) is 0 Å². The topological polar surface area (TPSA) is 94.1 Å². The predicted molar refractivity (Wildman–Crippen MR) is 163 cm³/mol. The van der Waals surface area contributed by atoms with Crippen molar-refractivity contribution in [3.8, 4) is 68.7 Å². The number of aromatic nitrogens is 3. The number of nitrogens with zero attached hydrogens (tertiary/aromatic N) is 3. The third-order valence-corrected chi connectivity index (χ3v) is 6.05. The Bertz CT molecular complexity index is 1290. The van der Waals surface area contributed by atoms with Crippen LogP contribution in [-0.2, 0) is 0 Å². The minimum Gasteiger partial charge on any atom is -0.494 e. The summed E-state index contributed by atoms with van der Waals surface area (Å²) in [6.45, 7) is 14.7. The summed E-state index contributed by atoms with van der Waals surface area (Å²) in [5.74, 6) is 5.26. The van der Waals surface area contributed by atoms with Gasteiger partial charge in [0, 0.05) is 18.2 Å². The molecule has 4 rings (SSSR count). The Hall–Kier alpha value is -4.53. The van der Waals surface area contributed by atoms with Gasteiger partial charge >= 0.3 is 0 Å². The lowest BCUT2D eigenvalue weighted by Gasteiger charge is -2.16. The molecule has 0 aliphatic rings. The van der Waals surface area contributed by atoms with Crippen LogP contribution in [0.5, 0.6) is 34.5 Å². The molecule has 0 fully saturated rings. The average molecular weight is 574 g/mol. The van der Waals surface area contributed by atoms with Crippen LogP contribution in [0, 0.1) is 0 Å². The molecule has 0 unspecified atom stereocenters. The number of hydrogen-bond donors (Lipinski definition) is 0. The molecular formula is C33H39N3O6. The molecular weight excluding hydrogens is 534 g/mol. The molecule has 0 spiro atoms. The second-order valence-electron chi connectivity index (χ2n) is 8.88. The van der Waals surface area contributed by atoms with E-state index in [1.54, 1.807) is 0 Å². The quantitative estimate of drug-likeness (QED) is 0.146. The van der Waals surface area contributed by atoms with Crippen molar-refractivity contribution in [2.24, 2.45) is 0 Å². The molecule has 0 bridgehead atoms. The number of hydrogen-bond acceptors (Lipinski definition) is 9. The molecule has 0 aliphatic heterocycles. The summed E-state index contributed by atoms with van der Waals surface area (Å²) < 4.78 is 35.2. The van der Waals surface area contributed by atoms with Gasteiger partial charge in [0.2, 0.25) is 0 Å². The summed E-state index contributed by atoms with van der Waals surface area (Å²) >= 11 is 0. The molecule has 9 nitrogen and oxygen atoms in total. The highest BCUT2D eigenvalue weighted by Crippen LogP contribution is 2.38. The third-order valence-electron chi connectivity index (χ3n) is 6.05. The SMILES string of the molecule is CCOc1ccc(-c2nc(-c3ccc(OCC)cc3OCC)nc(-c3ccc(OCC)cc3OCC)n2)c(OCC)c1. The third kappa shape index (κ3) is 7.21. The zero-order valence-corrected chi connectivity index (χ0v) is 25.2. The van der Waals surface area contributed by atoms with E-state index < -0.39 is 0 Å². The van der Waals surface area contributed by atoms with E-state index in [0.29, 0.717) is 108 Å². The van der Waals surface area contributed by atoms with Crippen LogP contribution >= 0.6 is 0 Å². The summed E-state index contributed by atoms with van der Waals surface area (Å²) in [5.41, 5.74) is 2.12. The number of ether oxygens (including phenoxy) is 6. The largest absolute Gasteiger partial charge is 0.494 e. The minimum atomic E-state index is 0.439. The molecule has 9 heteroatoms. The first-order valence-electron chi connectivity index (χ1n) is 14.5. The molecule has 4 aromatic rings. The van der Waals surface area contributed by atoms with Crippen LogP contribution in [-0.4, -0.2) is 54.6 Å². The average Bonchev–Trinajstić information content (AvgIpc) is 2.98. The van der Waals surface area contributed by atoms with Crippen LogP contribution in [0.1, 0.15) is 41.5 Å². The summed E-state index contributed by atoms with van der Waals surface area (Å²) in [6, 6.07) is 16.9. The number of benzene rings is 3. The maximum absolute atomic E-state index is 6.02. The lowest BCUT2D eigenvalue weighted by atomic mass is 10.1. The number of rotatable bonds is 15. The first kappa shape index (κ1) is 30.4. The van der Waals surface area contributed by atoms with Gasteiger partial charge < -0.3 is 28.4 Å². The highest BCUT2D eigenvalue weighted by molar-refractivity contribution is 5.75. The van der Waals surface area contributed by atoms with Crippen molar-refractivity contribution in [3.63, 3.8) is 0 Å². The van der Waals surface area contributed by atoms with Gasteiger partial charge in [-0.25, -0.2) is 15.0 Å². The van der Waals surface area contributed by atoms with Gasteiger partial charge in [-0.2, -0.15) is 0 Å². The van der Waals surface area contributed by atoms with Crippen LogP contribution < -0.4 is 28.4 Å². The molecule has 42 heavy (non-hydrogen) atoms. The van der Waals surface area contributed by atoms with Crippen LogP contribution in [0.25, 0.3) is 34.2 Å². The van der Waals surface area contributed by atoms with Crippen molar-refractivity contribution in [1.29, 1.82) is 0 Å². The molecule has 0 saturated carbocycles. The minimum absolute atomic E-state index is 0.439. The molecule has 0 radical (unpaired) electrons. The van der Waals surface area contributed by atoms with Gasteiger partial charge in [0.25, 0.3) is 0 Å². The summed E-state index contributed by atoms with van der Waals surface area (Å²) in [7, 11) is 0. The van der Waals surface area contributed by atoms with E-state index in [4.69, 9.17) is 43.4 Å². The van der Waals surface area contributed by atoms with E-state index in [9.17, 15) is 0 Å². The normalized spacial score (nSPS) is 10.7. The Labute approximate surface area is 247 Å². The van der Waals surface area contributed by atoms with Crippen LogP contribution in [0.2, 0.25) is 0 Å². The van der Waals surface area contributed by atoms with E-state index in [1.807, 2.05) is 96.1 Å². The summed E-state index contributed by atoms with van der Waals surface area (Å²) in [6.07, 6.45) is 0. The second-order valence-corrected chi connectivity index (χ2v) is 8.88. The predicted octanol–water partition coefficient (Wildman–Crippen LogP) is 7.26. The van der Waals surface area contributed by atoms with Crippen molar-refractivity contribution in [2.75, 3.05) is 39.6 Å². The van der Waals surface area contributed by atoms with Crippen LogP contribution in [0.15, 0.2) is 54.6 Å². The van der Waals surface area contributed by atoms with Crippen molar-refractivity contribution in [1.82, 2.24) is 15.0 Å². The smallest absolute Gasteiger partial charge is 0.167 e. The molecule has 222 valence electrons. The molecule has 1 heterocycles. The second kappa shape index (κ2) is 14.9. The Balaban J connectivity index is 1.97. The zero-order chi connectivity index (χ0) is 29.9. The maximum Gasteiger partial charge on any atom is 0.167 e. The lowest BCUT2D eigenvalue weighted by Crippen LogP contribution is -2.05. The summed E-state index contributed by atoms with van der Waals surface area (Å²) in [4.78, 5) is 14.8. The van der Waals surface area contributed by atoms with Crippen LogP contribution in [0.4, 0.5) is 0 Å². The monoisotopic (exact) mass is 573 g/mol. The maximum atomic E-state index is 6.02. The highest BCUT2D eigenvalue weighted by atomic mass is 16.5. The van der Waals surface area contributed by atoms with Gasteiger partial charge in [0.15, 0.2) is 17.5 Å². The molecule has 0 aliphatic carbocycles. The van der Waals surface area contributed by atoms with Crippen LogP contribution in [0.3, 0.4) is 0 Å². The van der Waals surface area contributed by atoms with Crippen molar-refractivity contribution >= 4 is 0 Å². The van der Waals surface area contributed by atoms with E-state index >= 15 is 0 Å². The van der Waals surface area contributed by atoms with Gasteiger partial charge in [-0.15, -0.1) is 0 Å². The van der Waals surface area contributed by atoms with Gasteiger partial charge in [0.05, 0.1) is 56.3 Å². The molecule has 0 saturated heterocycles. The van der Waals surface area contributed by atoms with E-state index in [0.717, 1.165) is 0 Å². The highest BCUT2D eigenvalue weighted by Gasteiger charge is 2.21. The van der Waals surface area contributed by atoms with Crippen molar-refractivity contribution in [3.05, 3.63) is 54.6 Å². The van der Waals surface area contributed by atoms with Crippen molar-refractivity contribution < 1.29 is 28.4 Å². The molecule has 0 atom stereocenters. The fourth-order valence-corrected chi connectivity index (χ4v) is 4.39. The Morgan fingerprint density at radius 2 is 0.643 bits per heavy atom. The molecule has 1 aromatic heterocycles. The van der Waals surface area contributed by atoms with Gasteiger partial charge in [0.1, 0.15) is 34.5 Å². The lowest BCUT2D eigenvalue weighted by molar-refractivity contribution is 0.323. The van der Waals surface area contributed by atoms with E-state index in [2.05, 4.69) is 0 Å². The molecule has 0 N–H and O–H groups in total. The van der Waals surface area contributed by atoms with Gasteiger partial charge in [-0.05, 0) is 77.9 Å².